The maximum absolute atomic E-state index is 5.79. The van der Waals surface area contributed by atoms with Gasteiger partial charge in [0, 0.05) is 13.1 Å². The smallest absolute Gasteiger partial charge is 0.230 e. The van der Waals surface area contributed by atoms with Crippen LogP contribution in [0.5, 0.6) is 0 Å². The van der Waals surface area contributed by atoms with Gasteiger partial charge in [-0.15, -0.1) is 10.2 Å². The molecule has 1 aliphatic rings. The van der Waals surface area contributed by atoms with E-state index in [9.17, 15) is 0 Å². The Balaban J connectivity index is 1.37. The molecule has 0 amide bonds. The predicted octanol–water partition coefficient (Wildman–Crippen LogP) is 1.66. The highest BCUT2D eigenvalue weighted by atomic mass is 16.5. The van der Waals surface area contributed by atoms with Crippen molar-refractivity contribution in [3.63, 3.8) is 0 Å². The average molecular weight is 340 g/mol. The van der Waals surface area contributed by atoms with Crippen LogP contribution in [0.1, 0.15) is 35.1 Å². The van der Waals surface area contributed by atoms with E-state index in [0.717, 1.165) is 17.9 Å². The molecule has 4 rings (SSSR count). The molecule has 0 bridgehead atoms. The van der Waals surface area contributed by atoms with Gasteiger partial charge in [0.15, 0.2) is 5.82 Å². The zero-order valence-electron chi connectivity index (χ0n) is 14.1. The van der Waals surface area contributed by atoms with E-state index in [0.29, 0.717) is 43.7 Å². The van der Waals surface area contributed by atoms with Gasteiger partial charge in [-0.05, 0) is 12.5 Å². The number of aromatic nitrogens is 5. The molecule has 1 N–H and O–H groups in total. The van der Waals surface area contributed by atoms with Crippen molar-refractivity contribution in [1.82, 2.24) is 30.3 Å². The predicted molar refractivity (Wildman–Crippen MR) is 88.6 cm³/mol. The van der Waals surface area contributed by atoms with Crippen molar-refractivity contribution in [1.29, 1.82) is 0 Å². The van der Waals surface area contributed by atoms with Crippen LogP contribution in [0.2, 0.25) is 0 Å². The summed E-state index contributed by atoms with van der Waals surface area (Å²) >= 11 is 0. The Morgan fingerprint density at radius 1 is 1.20 bits per heavy atom. The van der Waals surface area contributed by atoms with Crippen molar-refractivity contribution >= 4 is 0 Å². The van der Waals surface area contributed by atoms with Crippen LogP contribution in [-0.4, -0.2) is 50.0 Å². The summed E-state index contributed by atoms with van der Waals surface area (Å²) in [5.41, 5.74) is 1.16. The summed E-state index contributed by atoms with van der Waals surface area (Å²) in [6.45, 7) is 4.63. The van der Waals surface area contributed by atoms with Crippen LogP contribution in [0, 0.1) is 6.92 Å². The van der Waals surface area contributed by atoms with E-state index in [1.807, 2.05) is 25.1 Å². The lowest BCUT2D eigenvalue weighted by molar-refractivity contribution is -0.0393. The molecular formula is C17H20N6O2. The van der Waals surface area contributed by atoms with Gasteiger partial charge in [-0.2, -0.15) is 5.10 Å². The zero-order valence-corrected chi connectivity index (χ0v) is 14.1. The van der Waals surface area contributed by atoms with Gasteiger partial charge < -0.3 is 9.15 Å². The monoisotopic (exact) mass is 340 g/mol. The number of morpholine rings is 1. The van der Waals surface area contributed by atoms with Crippen LogP contribution in [0.25, 0.3) is 0 Å². The summed E-state index contributed by atoms with van der Waals surface area (Å²) in [4.78, 5) is 6.58. The first-order valence-corrected chi connectivity index (χ1v) is 8.34. The molecule has 1 atom stereocenters. The molecule has 0 saturated carbocycles. The topological polar surface area (TPSA) is 93.0 Å². The van der Waals surface area contributed by atoms with E-state index in [4.69, 9.17) is 9.15 Å². The first-order valence-electron chi connectivity index (χ1n) is 8.34. The highest BCUT2D eigenvalue weighted by Crippen LogP contribution is 2.20. The second kappa shape index (κ2) is 7.12. The van der Waals surface area contributed by atoms with Crippen LogP contribution in [-0.2, 0) is 17.7 Å². The third-order valence-corrected chi connectivity index (χ3v) is 4.12. The van der Waals surface area contributed by atoms with Gasteiger partial charge in [0.2, 0.25) is 11.8 Å². The zero-order chi connectivity index (χ0) is 17.1. The van der Waals surface area contributed by atoms with Crippen LogP contribution in [0.15, 0.2) is 34.7 Å². The standard InChI is InChI=1S/C17H20N6O2/c1-12-18-17(22-19-12)14-10-23(7-8-24-14)11-16-21-20-15(25-16)9-13-5-3-2-4-6-13/h2-6,14H,7-11H2,1H3,(H,18,19,22)/t14-/m0/s1. The number of hydrogen-bond acceptors (Lipinski definition) is 7. The van der Waals surface area contributed by atoms with E-state index in [1.54, 1.807) is 0 Å². The van der Waals surface area contributed by atoms with E-state index in [-0.39, 0.29) is 6.10 Å². The maximum atomic E-state index is 5.79. The summed E-state index contributed by atoms with van der Waals surface area (Å²) in [6, 6.07) is 10.1. The molecule has 2 aromatic heterocycles. The van der Waals surface area contributed by atoms with Crippen LogP contribution in [0.3, 0.4) is 0 Å². The Morgan fingerprint density at radius 3 is 2.84 bits per heavy atom. The van der Waals surface area contributed by atoms with Gasteiger partial charge in [0.05, 0.1) is 19.6 Å². The number of nitrogens with one attached hydrogen (secondary N) is 1. The molecule has 130 valence electrons. The molecule has 3 aromatic rings. The molecular weight excluding hydrogens is 320 g/mol. The Kier molecular flexibility index (Phi) is 4.53. The number of benzene rings is 1. The molecule has 0 radical (unpaired) electrons. The molecule has 1 fully saturated rings. The average Bonchev–Trinajstić information content (AvgIpc) is 3.25. The number of aryl methyl sites for hydroxylation is 1. The summed E-state index contributed by atoms with van der Waals surface area (Å²) in [7, 11) is 0. The van der Waals surface area contributed by atoms with Crippen molar-refractivity contribution < 1.29 is 9.15 Å². The fourth-order valence-corrected chi connectivity index (χ4v) is 2.89. The molecule has 25 heavy (non-hydrogen) atoms. The van der Waals surface area contributed by atoms with Gasteiger partial charge in [-0.25, -0.2) is 4.98 Å². The summed E-state index contributed by atoms with van der Waals surface area (Å²) < 4.78 is 11.6. The Morgan fingerprint density at radius 2 is 2.04 bits per heavy atom. The van der Waals surface area contributed by atoms with Gasteiger partial charge in [-0.3, -0.25) is 10.00 Å². The van der Waals surface area contributed by atoms with Crippen molar-refractivity contribution in [2.24, 2.45) is 0 Å². The van der Waals surface area contributed by atoms with E-state index < -0.39 is 0 Å². The van der Waals surface area contributed by atoms with Crippen molar-refractivity contribution in [3.05, 3.63) is 59.3 Å². The molecule has 0 unspecified atom stereocenters. The number of aromatic amines is 1. The van der Waals surface area contributed by atoms with Crippen molar-refractivity contribution in [2.75, 3.05) is 19.7 Å². The first-order chi connectivity index (χ1) is 12.3. The molecule has 1 aliphatic heterocycles. The molecule has 0 aliphatic carbocycles. The number of rotatable bonds is 5. The maximum Gasteiger partial charge on any atom is 0.230 e. The van der Waals surface area contributed by atoms with E-state index >= 15 is 0 Å². The minimum absolute atomic E-state index is 0.134. The molecule has 1 saturated heterocycles. The molecule has 3 heterocycles. The molecule has 0 spiro atoms. The van der Waals surface area contributed by atoms with Gasteiger partial charge in [0.25, 0.3) is 0 Å². The largest absolute Gasteiger partial charge is 0.424 e. The second-order valence-electron chi connectivity index (χ2n) is 6.13. The van der Waals surface area contributed by atoms with Gasteiger partial charge in [-0.1, -0.05) is 30.3 Å². The lowest BCUT2D eigenvalue weighted by Crippen LogP contribution is -2.38. The number of nitrogens with zero attached hydrogens (tertiary/aromatic N) is 5. The number of ether oxygens (including phenoxy) is 1. The Hall–Kier alpha value is -2.58. The second-order valence-corrected chi connectivity index (χ2v) is 6.13. The van der Waals surface area contributed by atoms with E-state index in [2.05, 4.69) is 42.4 Å². The number of H-pyrrole nitrogens is 1. The van der Waals surface area contributed by atoms with Crippen molar-refractivity contribution in [3.8, 4) is 0 Å². The summed E-state index contributed by atoms with van der Waals surface area (Å²) in [5, 5.41) is 15.4. The Bertz CT molecular complexity index is 815. The third kappa shape index (κ3) is 3.92. The quantitative estimate of drug-likeness (QED) is 0.755. The molecule has 1 aromatic carbocycles. The highest BCUT2D eigenvalue weighted by Gasteiger charge is 2.26. The minimum atomic E-state index is -0.134. The highest BCUT2D eigenvalue weighted by molar-refractivity contribution is 5.17. The SMILES string of the molecule is Cc1nc([C@@H]2CN(Cc3nnc(Cc4ccccc4)o3)CCO2)n[nH]1. The Labute approximate surface area is 145 Å². The van der Waals surface area contributed by atoms with E-state index in [1.165, 1.54) is 0 Å². The normalized spacial score (nSPS) is 18.5. The minimum Gasteiger partial charge on any atom is -0.424 e. The van der Waals surface area contributed by atoms with Gasteiger partial charge >= 0.3 is 0 Å². The van der Waals surface area contributed by atoms with Crippen molar-refractivity contribution in [2.45, 2.75) is 26.0 Å². The van der Waals surface area contributed by atoms with Crippen LogP contribution >= 0.6 is 0 Å². The number of hydrogen-bond donors (Lipinski definition) is 1. The lowest BCUT2D eigenvalue weighted by Gasteiger charge is -2.30. The fraction of sp³-hybridized carbons (Fsp3) is 0.412. The summed E-state index contributed by atoms with van der Waals surface area (Å²) in [5.74, 6) is 2.74. The third-order valence-electron chi connectivity index (χ3n) is 4.12. The first kappa shape index (κ1) is 15.9. The van der Waals surface area contributed by atoms with Crippen LogP contribution in [0.4, 0.5) is 0 Å². The molecule has 8 heteroatoms. The van der Waals surface area contributed by atoms with Crippen LogP contribution < -0.4 is 0 Å². The molecule has 8 nitrogen and oxygen atoms in total. The fourth-order valence-electron chi connectivity index (χ4n) is 2.89. The summed E-state index contributed by atoms with van der Waals surface area (Å²) in [6.07, 6.45) is 0.515. The lowest BCUT2D eigenvalue weighted by atomic mass is 10.2. The van der Waals surface area contributed by atoms with Gasteiger partial charge in [0.1, 0.15) is 11.9 Å².